The Morgan fingerprint density at radius 3 is 2.42 bits per heavy atom. The summed E-state index contributed by atoms with van der Waals surface area (Å²) in [7, 11) is 0. The minimum Gasteiger partial charge on any atom is -0.351 e. The predicted molar refractivity (Wildman–Crippen MR) is 95.3 cm³/mol. The second-order valence-electron chi connectivity index (χ2n) is 6.29. The molecule has 3 rings (SSSR count). The molecular formula is C20H18F2N2O2. The topological polar surface area (TPSA) is 58.2 Å². The van der Waals surface area contributed by atoms with Crippen LogP contribution in [0.2, 0.25) is 0 Å². The van der Waals surface area contributed by atoms with Gasteiger partial charge in [-0.2, -0.15) is 0 Å². The first-order valence-corrected chi connectivity index (χ1v) is 8.13. The number of nitrogens with one attached hydrogen (secondary N) is 2. The van der Waals surface area contributed by atoms with Gasteiger partial charge in [-0.25, -0.2) is 8.78 Å². The molecule has 1 fully saturated rings. The van der Waals surface area contributed by atoms with Crippen molar-refractivity contribution in [3.05, 3.63) is 78.4 Å². The van der Waals surface area contributed by atoms with Gasteiger partial charge < -0.3 is 10.6 Å². The van der Waals surface area contributed by atoms with Crippen LogP contribution in [0.5, 0.6) is 0 Å². The number of alkyl halides is 2. The number of halogens is 2. The highest BCUT2D eigenvalue weighted by atomic mass is 19.3. The summed E-state index contributed by atoms with van der Waals surface area (Å²) in [6.45, 7) is 3.20. The molecule has 6 heteroatoms. The third kappa shape index (κ3) is 3.35. The van der Waals surface area contributed by atoms with Gasteiger partial charge >= 0.3 is 0 Å². The average Bonchev–Trinajstić information content (AvgIpc) is 3.23. The van der Waals surface area contributed by atoms with Gasteiger partial charge in [0.25, 0.3) is 11.8 Å². The van der Waals surface area contributed by atoms with Gasteiger partial charge in [-0.15, -0.1) is 0 Å². The number of rotatable bonds is 6. The summed E-state index contributed by atoms with van der Waals surface area (Å²) < 4.78 is 28.1. The average molecular weight is 356 g/mol. The first-order chi connectivity index (χ1) is 12.4. The summed E-state index contributed by atoms with van der Waals surface area (Å²) in [5.41, 5.74) is -0.146. The Morgan fingerprint density at radius 2 is 1.81 bits per heavy atom. The van der Waals surface area contributed by atoms with Crippen LogP contribution in [-0.2, 0) is 10.2 Å². The van der Waals surface area contributed by atoms with Crippen molar-refractivity contribution in [1.29, 1.82) is 0 Å². The Bertz CT molecular complexity index is 852. The first kappa shape index (κ1) is 17.8. The lowest BCUT2D eigenvalue weighted by Crippen LogP contribution is -2.35. The molecule has 1 saturated carbocycles. The number of benzene rings is 2. The van der Waals surface area contributed by atoms with Crippen LogP contribution in [0.3, 0.4) is 0 Å². The molecule has 0 radical (unpaired) electrons. The van der Waals surface area contributed by atoms with Crippen LogP contribution in [0.15, 0.2) is 67.3 Å². The summed E-state index contributed by atoms with van der Waals surface area (Å²) in [5.74, 6) is -3.72. The van der Waals surface area contributed by atoms with Crippen LogP contribution in [0, 0.1) is 0 Å². The summed E-state index contributed by atoms with van der Waals surface area (Å²) in [5, 5.41) is 5.15. The van der Waals surface area contributed by atoms with E-state index < -0.39 is 23.2 Å². The van der Waals surface area contributed by atoms with Crippen molar-refractivity contribution in [3.63, 3.8) is 0 Å². The van der Waals surface area contributed by atoms with Crippen molar-refractivity contribution in [3.8, 4) is 0 Å². The summed E-state index contributed by atoms with van der Waals surface area (Å²) in [6, 6.07) is 14.7. The van der Waals surface area contributed by atoms with Gasteiger partial charge in [0.05, 0.1) is 5.41 Å². The fourth-order valence-electron chi connectivity index (χ4n) is 2.96. The lowest BCUT2D eigenvalue weighted by atomic mass is 9.95. The maximum atomic E-state index is 14.0. The molecule has 0 saturated heterocycles. The van der Waals surface area contributed by atoms with Crippen LogP contribution in [0.4, 0.5) is 14.5 Å². The number of amides is 2. The van der Waals surface area contributed by atoms with Crippen LogP contribution in [0.1, 0.15) is 22.3 Å². The molecule has 0 aliphatic heterocycles. The minimum absolute atomic E-state index is 0.161. The van der Waals surface area contributed by atoms with Gasteiger partial charge in [0.2, 0.25) is 5.91 Å². The van der Waals surface area contributed by atoms with Crippen LogP contribution in [0.25, 0.3) is 0 Å². The monoisotopic (exact) mass is 356 g/mol. The van der Waals surface area contributed by atoms with E-state index in [1.165, 1.54) is 6.07 Å². The molecule has 26 heavy (non-hydrogen) atoms. The second kappa shape index (κ2) is 6.71. The number of carbonyl (C=O) groups is 2. The molecule has 0 spiro atoms. The van der Waals surface area contributed by atoms with E-state index in [-0.39, 0.29) is 18.5 Å². The van der Waals surface area contributed by atoms with Crippen molar-refractivity contribution in [1.82, 2.24) is 5.32 Å². The van der Waals surface area contributed by atoms with E-state index in [9.17, 15) is 18.4 Å². The van der Waals surface area contributed by atoms with Crippen molar-refractivity contribution in [2.45, 2.75) is 17.8 Å². The van der Waals surface area contributed by atoms with E-state index in [1.807, 2.05) is 0 Å². The second-order valence-corrected chi connectivity index (χ2v) is 6.29. The predicted octanol–water partition coefficient (Wildman–Crippen LogP) is 3.52. The molecule has 0 heterocycles. The van der Waals surface area contributed by atoms with Crippen molar-refractivity contribution < 1.29 is 18.4 Å². The molecular weight excluding hydrogens is 338 g/mol. The zero-order valence-electron chi connectivity index (χ0n) is 14.0. The van der Waals surface area contributed by atoms with Gasteiger partial charge in [-0.3, -0.25) is 9.59 Å². The molecule has 0 aromatic heterocycles. The highest BCUT2D eigenvalue weighted by Gasteiger charge is 2.71. The zero-order chi connectivity index (χ0) is 18.8. The van der Waals surface area contributed by atoms with Gasteiger partial charge in [0.15, 0.2) is 0 Å². The molecule has 1 aliphatic rings. The van der Waals surface area contributed by atoms with E-state index in [4.69, 9.17) is 0 Å². The molecule has 134 valence electrons. The normalized spacial score (nSPS) is 20.1. The van der Waals surface area contributed by atoms with Crippen LogP contribution in [-0.4, -0.2) is 24.3 Å². The van der Waals surface area contributed by atoms with Crippen molar-refractivity contribution in [2.24, 2.45) is 0 Å². The fraction of sp³-hybridized carbons (Fsp3) is 0.200. The fourth-order valence-corrected chi connectivity index (χ4v) is 2.96. The Kier molecular flexibility index (Phi) is 4.59. The molecule has 4 nitrogen and oxygen atoms in total. The highest BCUT2D eigenvalue weighted by molar-refractivity contribution is 6.00. The Hall–Kier alpha value is -3.02. The summed E-state index contributed by atoms with van der Waals surface area (Å²) in [4.78, 5) is 23.7. The molecule has 2 aromatic carbocycles. The lowest BCUT2D eigenvalue weighted by Gasteiger charge is -2.18. The van der Waals surface area contributed by atoms with E-state index in [1.54, 1.807) is 48.5 Å². The maximum absolute atomic E-state index is 14.0. The van der Waals surface area contributed by atoms with Gasteiger partial charge in [-0.05, 0) is 29.8 Å². The number of hydrogen-bond acceptors (Lipinski definition) is 2. The minimum atomic E-state index is -2.85. The third-order valence-electron chi connectivity index (χ3n) is 4.55. The van der Waals surface area contributed by atoms with Gasteiger partial charge in [0.1, 0.15) is 0 Å². The maximum Gasteiger partial charge on any atom is 0.260 e. The lowest BCUT2D eigenvalue weighted by molar-refractivity contribution is -0.111. The Morgan fingerprint density at radius 1 is 1.12 bits per heavy atom. The molecule has 1 aliphatic carbocycles. The molecule has 1 unspecified atom stereocenters. The van der Waals surface area contributed by atoms with Gasteiger partial charge in [-0.1, -0.05) is 43.0 Å². The summed E-state index contributed by atoms with van der Waals surface area (Å²) >= 11 is 0. The van der Waals surface area contributed by atoms with Crippen molar-refractivity contribution >= 4 is 17.5 Å². The third-order valence-corrected chi connectivity index (χ3v) is 4.55. The van der Waals surface area contributed by atoms with Gasteiger partial charge in [0, 0.05) is 24.2 Å². The van der Waals surface area contributed by atoms with Crippen LogP contribution >= 0.6 is 0 Å². The number of anilines is 1. The molecule has 1 atom stereocenters. The SMILES string of the molecule is C=CC(=O)Nc1cccc(C(=O)NCC2(c3ccccc3)CC2(F)F)c1. The Labute approximate surface area is 149 Å². The Balaban J connectivity index is 1.72. The summed E-state index contributed by atoms with van der Waals surface area (Å²) in [6.07, 6.45) is 0.825. The van der Waals surface area contributed by atoms with E-state index in [0.29, 0.717) is 11.3 Å². The zero-order valence-corrected chi connectivity index (χ0v) is 14.0. The molecule has 2 amide bonds. The first-order valence-electron chi connectivity index (χ1n) is 8.13. The standard InChI is InChI=1S/C20H18F2N2O2/c1-2-17(25)24-16-10-6-7-14(11-16)18(26)23-13-19(12-20(19,21)22)15-8-4-3-5-9-15/h2-11H,1,12-13H2,(H,23,26)(H,24,25). The molecule has 2 aromatic rings. The largest absolute Gasteiger partial charge is 0.351 e. The van der Waals surface area contributed by atoms with E-state index in [2.05, 4.69) is 17.2 Å². The number of carbonyl (C=O) groups excluding carboxylic acids is 2. The van der Waals surface area contributed by atoms with Crippen LogP contribution < -0.4 is 10.6 Å². The molecule has 0 bridgehead atoms. The smallest absolute Gasteiger partial charge is 0.260 e. The number of hydrogen-bond donors (Lipinski definition) is 2. The van der Waals surface area contributed by atoms with E-state index >= 15 is 0 Å². The highest BCUT2D eigenvalue weighted by Crippen LogP contribution is 2.61. The van der Waals surface area contributed by atoms with Crippen molar-refractivity contribution in [2.75, 3.05) is 11.9 Å². The van der Waals surface area contributed by atoms with E-state index in [0.717, 1.165) is 6.08 Å². The quantitative estimate of drug-likeness (QED) is 0.778. The molecule has 2 N–H and O–H groups in total.